The predicted octanol–water partition coefficient (Wildman–Crippen LogP) is 4.90. The van der Waals surface area contributed by atoms with E-state index < -0.39 is 0 Å². The zero-order valence-electron chi connectivity index (χ0n) is 18.7. The summed E-state index contributed by atoms with van der Waals surface area (Å²) in [5.41, 5.74) is 4.10. The number of ether oxygens (including phenoxy) is 1. The van der Waals surface area contributed by atoms with Gasteiger partial charge in [-0.05, 0) is 96.7 Å². The first kappa shape index (κ1) is 23.2. The van der Waals surface area contributed by atoms with Gasteiger partial charge in [0.15, 0.2) is 0 Å². The third-order valence-corrected chi connectivity index (χ3v) is 6.29. The number of aryl methyl sites for hydroxylation is 2. The van der Waals surface area contributed by atoms with Gasteiger partial charge in [0, 0.05) is 11.7 Å². The van der Waals surface area contributed by atoms with Crippen LogP contribution in [0.4, 0.5) is 11.6 Å². The minimum atomic E-state index is -0.0271. The van der Waals surface area contributed by atoms with Crippen molar-refractivity contribution in [2.24, 2.45) is 0 Å². The van der Waals surface area contributed by atoms with Gasteiger partial charge in [-0.2, -0.15) is 10.2 Å². The molecule has 1 aliphatic rings. The zero-order valence-corrected chi connectivity index (χ0v) is 20.3. The molecule has 0 unspecified atom stereocenters. The average molecular weight is 508 g/mol. The molecule has 1 fully saturated rings. The van der Waals surface area contributed by atoms with E-state index in [0.29, 0.717) is 27.6 Å². The van der Waals surface area contributed by atoms with Crippen LogP contribution in [-0.2, 0) is 6.61 Å². The van der Waals surface area contributed by atoms with Crippen LogP contribution in [0.25, 0.3) is 0 Å². The van der Waals surface area contributed by atoms with E-state index in [-0.39, 0.29) is 12.6 Å². The van der Waals surface area contributed by atoms with E-state index in [2.05, 4.69) is 37.2 Å². The molecule has 2 heterocycles. The Morgan fingerprint density at radius 1 is 1.21 bits per heavy atom. The first-order chi connectivity index (χ1) is 16.0. The lowest BCUT2D eigenvalue weighted by Crippen LogP contribution is -2.41. The molecule has 1 aliphatic heterocycles. The fraction of sp³-hybridized carbons (Fsp3) is 0.320. The molecule has 4 rings (SSSR count). The first-order valence-electron chi connectivity index (χ1n) is 10.9. The van der Waals surface area contributed by atoms with E-state index in [0.717, 1.165) is 48.3 Å². The van der Waals surface area contributed by atoms with Crippen molar-refractivity contribution in [3.8, 4) is 17.7 Å². The Balaban J connectivity index is 1.75. The lowest BCUT2D eigenvalue weighted by Gasteiger charge is -2.35. The summed E-state index contributed by atoms with van der Waals surface area (Å²) in [6.45, 7) is 5.65. The number of aliphatic hydroxyl groups excluding tert-OH is 1. The van der Waals surface area contributed by atoms with Crippen LogP contribution >= 0.6 is 15.9 Å². The van der Waals surface area contributed by atoms with Crippen molar-refractivity contribution in [1.82, 2.24) is 15.3 Å². The van der Waals surface area contributed by atoms with Crippen LogP contribution in [0.5, 0.6) is 11.6 Å². The van der Waals surface area contributed by atoms with Crippen LogP contribution in [0.1, 0.15) is 35.1 Å². The number of halogens is 1. The van der Waals surface area contributed by atoms with Gasteiger partial charge in [0.2, 0.25) is 11.8 Å². The molecule has 0 bridgehead atoms. The van der Waals surface area contributed by atoms with Crippen LogP contribution < -0.4 is 15.0 Å². The summed E-state index contributed by atoms with van der Waals surface area (Å²) < 4.78 is 6.89. The molecular weight excluding hydrogens is 482 g/mol. The van der Waals surface area contributed by atoms with Crippen LogP contribution in [0, 0.1) is 25.2 Å². The molecule has 1 saturated heterocycles. The third-order valence-electron chi connectivity index (χ3n) is 5.75. The minimum Gasteiger partial charge on any atom is -0.437 e. The zero-order chi connectivity index (χ0) is 23.4. The molecule has 0 saturated carbocycles. The second-order valence-electron chi connectivity index (χ2n) is 8.16. The molecule has 3 aromatic rings. The van der Waals surface area contributed by atoms with E-state index >= 15 is 0 Å². The maximum atomic E-state index is 9.65. The number of hydrogen-bond donors (Lipinski definition) is 2. The van der Waals surface area contributed by atoms with Gasteiger partial charge in [0.25, 0.3) is 0 Å². The Morgan fingerprint density at radius 3 is 2.61 bits per heavy atom. The summed E-state index contributed by atoms with van der Waals surface area (Å²) >= 11 is 3.53. The fourth-order valence-electron chi connectivity index (χ4n) is 4.16. The van der Waals surface area contributed by atoms with E-state index in [9.17, 15) is 10.4 Å². The van der Waals surface area contributed by atoms with Gasteiger partial charge in [-0.1, -0.05) is 12.1 Å². The normalized spacial score (nSPS) is 14.0. The minimum absolute atomic E-state index is 0.0271. The highest BCUT2D eigenvalue weighted by Gasteiger charge is 2.26. The van der Waals surface area contributed by atoms with Gasteiger partial charge in [-0.3, -0.25) is 0 Å². The van der Waals surface area contributed by atoms with Crippen molar-refractivity contribution in [2.45, 2.75) is 39.3 Å². The maximum absolute atomic E-state index is 9.65. The number of aliphatic hydroxyl groups is 1. The van der Waals surface area contributed by atoms with Crippen molar-refractivity contribution >= 4 is 27.6 Å². The number of benzene rings is 2. The highest BCUT2D eigenvalue weighted by molar-refractivity contribution is 9.10. The topological polar surface area (TPSA) is 94.3 Å². The lowest BCUT2D eigenvalue weighted by atomic mass is 10.0. The molecule has 1 aromatic heterocycles. The van der Waals surface area contributed by atoms with E-state index in [1.54, 1.807) is 18.3 Å². The van der Waals surface area contributed by atoms with Gasteiger partial charge < -0.3 is 20.1 Å². The number of hydrogen-bond acceptors (Lipinski definition) is 7. The number of nitrogens with one attached hydrogen (secondary N) is 1. The Kier molecular flexibility index (Phi) is 7.23. The molecule has 0 radical (unpaired) electrons. The van der Waals surface area contributed by atoms with E-state index in [1.165, 1.54) is 0 Å². The first-order valence-corrected chi connectivity index (χ1v) is 11.7. The van der Waals surface area contributed by atoms with Crippen LogP contribution in [0.2, 0.25) is 0 Å². The monoisotopic (exact) mass is 507 g/mol. The van der Waals surface area contributed by atoms with Crippen LogP contribution in [-0.4, -0.2) is 34.2 Å². The summed E-state index contributed by atoms with van der Waals surface area (Å²) in [6.07, 6.45) is 3.61. The number of anilines is 2. The Hall–Kier alpha value is -2.99. The number of piperidine rings is 1. The number of nitrogens with zero attached hydrogens (tertiary/aromatic N) is 4. The van der Waals surface area contributed by atoms with E-state index in [4.69, 9.17) is 9.72 Å². The van der Waals surface area contributed by atoms with Crippen molar-refractivity contribution in [3.63, 3.8) is 0 Å². The molecule has 0 spiro atoms. The van der Waals surface area contributed by atoms with Gasteiger partial charge in [-0.25, -0.2) is 4.98 Å². The smallest absolute Gasteiger partial charge is 0.238 e. The van der Waals surface area contributed by atoms with Crippen molar-refractivity contribution < 1.29 is 9.84 Å². The Labute approximate surface area is 202 Å². The summed E-state index contributed by atoms with van der Waals surface area (Å²) in [4.78, 5) is 11.6. The second kappa shape index (κ2) is 10.3. The van der Waals surface area contributed by atoms with Crippen LogP contribution in [0.15, 0.2) is 47.1 Å². The summed E-state index contributed by atoms with van der Waals surface area (Å²) in [5, 5.41) is 22.3. The lowest BCUT2D eigenvalue weighted by molar-refractivity contribution is 0.282. The quantitative estimate of drug-likeness (QED) is 0.489. The fourth-order valence-corrected chi connectivity index (χ4v) is 4.43. The maximum Gasteiger partial charge on any atom is 0.238 e. The van der Waals surface area contributed by atoms with Gasteiger partial charge in [0.05, 0.1) is 28.9 Å². The number of aromatic nitrogens is 2. The molecule has 8 heteroatoms. The van der Waals surface area contributed by atoms with E-state index in [1.807, 2.05) is 38.1 Å². The van der Waals surface area contributed by atoms with Crippen molar-refractivity contribution in [3.05, 3.63) is 69.3 Å². The molecule has 2 aromatic carbocycles. The summed E-state index contributed by atoms with van der Waals surface area (Å²) in [5.74, 6) is 1.63. The van der Waals surface area contributed by atoms with Crippen molar-refractivity contribution in [2.75, 3.05) is 18.0 Å². The standard InChI is InChI=1S/C25H26BrN5O2/c1-16-10-19(13-27)11-17(2)23(16)33-24-22(26)14-29-25(30-24)31(20-6-8-28-9-7-20)21-5-3-4-18(12-21)15-32/h3-5,10-12,14,20,28,32H,6-9,15H2,1-2H3. The van der Waals surface area contributed by atoms with Crippen LogP contribution in [0.3, 0.4) is 0 Å². The molecule has 170 valence electrons. The highest BCUT2D eigenvalue weighted by atomic mass is 79.9. The average Bonchev–Trinajstić information content (AvgIpc) is 2.84. The molecule has 7 nitrogen and oxygen atoms in total. The van der Waals surface area contributed by atoms with Gasteiger partial charge >= 0.3 is 0 Å². The molecule has 0 aliphatic carbocycles. The SMILES string of the molecule is Cc1cc(C#N)cc(C)c1Oc1nc(N(c2cccc(CO)c2)C2CCNCC2)ncc1Br. The molecule has 0 amide bonds. The summed E-state index contributed by atoms with van der Waals surface area (Å²) in [7, 11) is 0. The largest absolute Gasteiger partial charge is 0.437 e. The van der Waals surface area contributed by atoms with Crippen molar-refractivity contribution in [1.29, 1.82) is 5.26 Å². The second-order valence-corrected chi connectivity index (χ2v) is 9.01. The highest BCUT2D eigenvalue weighted by Crippen LogP contribution is 2.36. The van der Waals surface area contributed by atoms with Gasteiger partial charge in [-0.15, -0.1) is 0 Å². The number of nitriles is 1. The third kappa shape index (κ3) is 5.17. The predicted molar refractivity (Wildman–Crippen MR) is 131 cm³/mol. The number of rotatable bonds is 6. The summed E-state index contributed by atoms with van der Waals surface area (Å²) in [6, 6.07) is 13.8. The molecular formula is C25H26BrN5O2. The molecule has 0 atom stereocenters. The molecule has 2 N–H and O–H groups in total. The Morgan fingerprint density at radius 2 is 1.94 bits per heavy atom. The molecule has 33 heavy (non-hydrogen) atoms. The van der Waals surface area contributed by atoms with Gasteiger partial charge in [0.1, 0.15) is 5.75 Å². The Bertz CT molecular complexity index is 1160.